The maximum Gasteiger partial charge on any atom is 0.166 e. The van der Waals surface area contributed by atoms with Crippen LogP contribution in [0.5, 0.6) is 0 Å². The van der Waals surface area contributed by atoms with Crippen LogP contribution in [0.3, 0.4) is 0 Å². The zero-order valence-corrected chi connectivity index (χ0v) is 25.0. The molecule has 5 aromatic carbocycles. The summed E-state index contributed by atoms with van der Waals surface area (Å²) in [7, 11) is 0. The van der Waals surface area contributed by atoms with Crippen LogP contribution in [-0.2, 0) is 0 Å². The Morgan fingerprint density at radius 1 is 0.404 bits per heavy atom. The van der Waals surface area contributed by atoms with Crippen molar-refractivity contribution in [2.75, 3.05) is 0 Å². The first kappa shape index (κ1) is 24.8. The monoisotopic (exact) mass is 600 g/mol. The van der Waals surface area contributed by atoms with Crippen LogP contribution in [-0.4, -0.2) is 28.5 Å². The summed E-state index contributed by atoms with van der Waals surface area (Å²) in [5, 5.41) is 8.09. The number of fused-ring (bicyclic) bond motifs is 15. The molecule has 218 valence electrons. The van der Waals surface area contributed by atoms with Crippen LogP contribution < -0.4 is 0 Å². The van der Waals surface area contributed by atoms with Gasteiger partial charge in [0.1, 0.15) is 11.2 Å². The zero-order chi connectivity index (χ0) is 30.6. The molecule has 0 spiro atoms. The molecule has 0 aliphatic heterocycles. The molecule has 0 aliphatic carbocycles. The normalized spacial score (nSPS) is 12.3. The molecule has 0 saturated heterocycles. The molecular formula is C41H24N6. The van der Waals surface area contributed by atoms with Gasteiger partial charge >= 0.3 is 0 Å². The van der Waals surface area contributed by atoms with Crippen molar-refractivity contribution in [2.24, 2.45) is 0 Å². The number of pyridine rings is 3. The molecule has 0 saturated carbocycles. The fourth-order valence-corrected chi connectivity index (χ4v) is 7.78. The van der Waals surface area contributed by atoms with Crippen molar-refractivity contribution in [3.63, 3.8) is 0 Å². The Hall–Kier alpha value is -6.53. The van der Waals surface area contributed by atoms with Crippen LogP contribution in [0.15, 0.2) is 146 Å². The fraction of sp³-hybridized carbons (Fsp3) is 0. The Balaban J connectivity index is 1.42. The standard InChI is InChI=1S/C41H24N6/c1-3-11-25(12-4-1)45-34-18-8-7-15-27(34)31-23-36-32(24-35(31)45)29-20-19-28-30-16-9-21-42-39(30)47-40-33(17-10-22-43-40)44-41(47)37(28)38(29)46(36)26-13-5-2-6-14-26/h1-24H. The summed E-state index contributed by atoms with van der Waals surface area (Å²) >= 11 is 0. The average Bonchev–Trinajstić information content (AvgIpc) is 3.79. The van der Waals surface area contributed by atoms with E-state index in [2.05, 4.69) is 129 Å². The van der Waals surface area contributed by atoms with Crippen LogP contribution in [0.25, 0.3) is 93.6 Å². The molecule has 0 fully saturated rings. The molecule has 0 radical (unpaired) electrons. The van der Waals surface area contributed by atoms with Crippen molar-refractivity contribution in [3.05, 3.63) is 146 Å². The van der Waals surface area contributed by atoms with Gasteiger partial charge in [-0.05, 0) is 72.1 Å². The molecule has 0 bridgehead atoms. The van der Waals surface area contributed by atoms with E-state index in [1.165, 1.54) is 32.6 Å². The van der Waals surface area contributed by atoms with Gasteiger partial charge in [-0.2, -0.15) is 0 Å². The first-order chi connectivity index (χ1) is 23.3. The van der Waals surface area contributed by atoms with Crippen molar-refractivity contribution in [1.82, 2.24) is 28.5 Å². The number of hydrogen-bond acceptors (Lipinski definition) is 3. The topological polar surface area (TPSA) is 52.9 Å². The predicted octanol–water partition coefficient (Wildman–Crippen LogP) is 9.78. The summed E-state index contributed by atoms with van der Waals surface area (Å²) in [5.41, 5.74) is 10.3. The molecule has 0 unspecified atom stereocenters. The molecule has 6 heteroatoms. The van der Waals surface area contributed by atoms with Gasteiger partial charge in [0.25, 0.3) is 0 Å². The Labute approximate surface area is 267 Å². The third kappa shape index (κ3) is 3.21. The van der Waals surface area contributed by atoms with Crippen molar-refractivity contribution in [1.29, 1.82) is 0 Å². The van der Waals surface area contributed by atoms with Crippen LogP contribution in [0.2, 0.25) is 0 Å². The van der Waals surface area contributed by atoms with Gasteiger partial charge in [0.15, 0.2) is 11.3 Å². The van der Waals surface area contributed by atoms with E-state index in [9.17, 15) is 0 Å². The fourth-order valence-electron chi connectivity index (χ4n) is 7.78. The van der Waals surface area contributed by atoms with Gasteiger partial charge in [-0.25, -0.2) is 15.0 Å². The summed E-state index contributed by atoms with van der Waals surface area (Å²) in [6.45, 7) is 0. The third-order valence-corrected chi connectivity index (χ3v) is 9.68. The van der Waals surface area contributed by atoms with Gasteiger partial charge < -0.3 is 9.13 Å². The summed E-state index contributed by atoms with van der Waals surface area (Å²) in [6, 6.07) is 47.5. The molecule has 6 nitrogen and oxygen atoms in total. The highest BCUT2D eigenvalue weighted by atomic mass is 15.1. The number of hydrogen-bond donors (Lipinski definition) is 0. The van der Waals surface area contributed by atoms with Crippen molar-refractivity contribution >= 4 is 82.2 Å². The maximum absolute atomic E-state index is 5.23. The molecule has 0 aliphatic rings. The van der Waals surface area contributed by atoms with E-state index in [4.69, 9.17) is 15.0 Å². The van der Waals surface area contributed by atoms with Gasteiger partial charge in [-0.3, -0.25) is 4.40 Å². The molecule has 6 aromatic heterocycles. The van der Waals surface area contributed by atoms with Crippen LogP contribution in [0.1, 0.15) is 0 Å². The molecule has 11 rings (SSSR count). The Morgan fingerprint density at radius 2 is 1.02 bits per heavy atom. The van der Waals surface area contributed by atoms with Gasteiger partial charge in [-0.1, -0.05) is 66.7 Å². The Morgan fingerprint density at radius 3 is 1.83 bits per heavy atom. The molecule has 6 heterocycles. The molecule has 0 atom stereocenters. The Bertz CT molecular complexity index is 3060. The van der Waals surface area contributed by atoms with E-state index >= 15 is 0 Å². The lowest BCUT2D eigenvalue weighted by Gasteiger charge is -2.12. The SMILES string of the molecule is c1ccc(-n2c3ccccc3c3cc4c(cc32)c2ccc3c5cccnc5n5c6ncccc6nc5c3c2n4-c2ccccc2)cc1. The number of para-hydroxylation sites is 3. The van der Waals surface area contributed by atoms with Crippen LogP contribution in [0, 0.1) is 0 Å². The lowest BCUT2D eigenvalue weighted by molar-refractivity contribution is 1.17. The van der Waals surface area contributed by atoms with Crippen molar-refractivity contribution in [3.8, 4) is 11.4 Å². The van der Waals surface area contributed by atoms with Gasteiger partial charge in [0.2, 0.25) is 0 Å². The lowest BCUT2D eigenvalue weighted by atomic mass is 10.0. The van der Waals surface area contributed by atoms with E-state index in [0.29, 0.717) is 0 Å². The smallest absolute Gasteiger partial charge is 0.166 e. The molecule has 0 amide bonds. The van der Waals surface area contributed by atoms with Gasteiger partial charge in [0.05, 0.1) is 27.5 Å². The van der Waals surface area contributed by atoms with Crippen LogP contribution in [0.4, 0.5) is 0 Å². The Kier molecular flexibility index (Phi) is 4.75. The molecule has 47 heavy (non-hydrogen) atoms. The first-order valence-electron chi connectivity index (χ1n) is 15.8. The maximum atomic E-state index is 5.23. The van der Waals surface area contributed by atoms with Crippen molar-refractivity contribution in [2.45, 2.75) is 0 Å². The minimum Gasteiger partial charge on any atom is -0.309 e. The third-order valence-electron chi connectivity index (χ3n) is 9.68. The second kappa shape index (κ2) is 9.02. The second-order valence-electron chi connectivity index (χ2n) is 12.1. The highest BCUT2D eigenvalue weighted by Crippen LogP contribution is 2.43. The second-order valence-corrected chi connectivity index (χ2v) is 12.1. The summed E-state index contributed by atoms with van der Waals surface area (Å²) in [6.07, 6.45) is 3.68. The summed E-state index contributed by atoms with van der Waals surface area (Å²) < 4.78 is 6.95. The number of rotatable bonds is 2. The molecular weight excluding hydrogens is 576 g/mol. The van der Waals surface area contributed by atoms with E-state index in [1.54, 1.807) is 0 Å². The zero-order valence-electron chi connectivity index (χ0n) is 25.0. The van der Waals surface area contributed by atoms with E-state index < -0.39 is 0 Å². The van der Waals surface area contributed by atoms with Gasteiger partial charge in [-0.15, -0.1) is 0 Å². The minimum absolute atomic E-state index is 0.807. The lowest BCUT2D eigenvalue weighted by Crippen LogP contribution is -1.98. The quantitative estimate of drug-likeness (QED) is 0.186. The minimum atomic E-state index is 0.807. The molecule has 0 N–H and O–H groups in total. The first-order valence-corrected chi connectivity index (χ1v) is 15.8. The number of benzene rings is 5. The highest BCUT2D eigenvalue weighted by molar-refractivity contribution is 6.28. The predicted molar refractivity (Wildman–Crippen MR) is 192 cm³/mol. The summed E-state index contributed by atoms with van der Waals surface area (Å²) in [4.78, 5) is 14.9. The van der Waals surface area contributed by atoms with E-state index in [1.807, 2.05) is 30.6 Å². The van der Waals surface area contributed by atoms with E-state index in [-0.39, 0.29) is 0 Å². The average molecular weight is 601 g/mol. The van der Waals surface area contributed by atoms with Crippen LogP contribution >= 0.6 is 0 Å². The number of nitrogens with zero attached hydrogens (tertiary/aromatic N) is 6. The largest absolute Gasteiger partial charge is 0.309 e. The van der Waals surface area contributed by atoms with Gasteiger partial charge in [0, 0.05) is 50.7 Å². The van der Waals surface area contributed by atoms with Crippen molar-refractivity contribution < 1.29 is 0 Å². The van der Waals surface area contributed by atoms with E-state index in [0.717, 1.165) is 61.0 Å². The molecule has 11 aromatic rings. The summed E-state index contributed by atoms with van der Waals surface area (Å²) in [5.74, 6) is 0. The number of imidazole rings is 1. The highest BCUT2D eigenvalue weighted by Gasteiger charge is 2.23. The number of aromatic nitrogens is 6.